The fraction of sp³-hybridized carbons (Fsp3) is 0.167. The summed E-state index contributed by atoms with van der Waals surface area (Å²) in [6.45, 7) is 1.13. The Morgan fingerprint density at radius 2 is 1.83 bits per heavy atom. The molecule has 1 aliphatic heterocycles. The standard InChI is InChI=1S/C18H16N2O3/c21-12-7-11(8-13(22)9-12)18(23)20-6-5-17-15(10-20)14-3-1-2-4-16(14)19-17/h1-4,7-9,19,21-22H,5-6,10H2. The van der Waals surface area contributed by atoms with Crippen molar-refractivity contribution in [3.8, 4) is 11.5 Å². The smallest absolute Gasteiger partial charge is 0.254 e. The molecule has 5 nitrogen and oxygen atoms in total. The van der Waals surface area contributed by atoms with Crippen LogP contribution in [0.2, 0.25) is 0 Å². The number of amides is 1. The number of carbonyl (C=O) groups is 1. The predicted octanol–water partition coefficient (Wildman–Crippen LogP) is 2.78. The number of benzene rings is 2. The first kappa shape index (κ1) is 13.7. The number of rotatable bonds is 1. The summed E-state index contributed by atoms with van der Waals surface area (Å²) in [5.74, 6) is -0.414. The van der Waals surface area contributed by atoms with E-state index in [4.69, 9.17) is 0 Å². The average molecular weight is 308 g/mol. The highest BCUT2D eigenvalue weighted by Gasteiger charge is 2.25. The van der Waals surface area contributed by atoms with E-state index in [9.17, 15) is 15.0 Å². The summed E-state index contributed by atoms with van der Waals surface area (Å²) in [7, 11) is 0. The first-order chi connectivity index (χ1) is 11.1. The number of phenolic OH excluding ortho intramolecular Hbond substituents is 2. The van der Waals surface area contributed by atoms with Crippen molar-refractivity contribution in [2.24, 2.45) is 0 Å². The van der Waals surface area contributed by atoms with E-state index in [1.54, 1.807) is 4.90 Å². The summed E-state index contributed by atoms with van der Waals surface area (Å²) >= 11 is 0. The van der Waals surface area contributed by atoms with Crippen LogP contribution >= 0.6 is 0 Å². The highest BCUT2D eigenvalue weighted by molar-refractivity contribution is 5.96. The summed E-state index contributed by atoms with van der Waals surface area (Å²) in [5.41, 5.74) is 3.70. The molecule has 0 saturated heterocycles. The van der Waals surface area contributed by atoms with Crippen LogP contribution in [0.3, 0.4) is 0 Å². The first-order valence-corrected chi connectivity index (χ1v) is 7.52. The number of nitrogens with one attached hydrogen (secondary N) is 1. The molecule has 0 spiro atoms. The normalized spacial score (nSPS) is 14.0. The topological polar surface area (TPSA) is 76.6 Å². The van der Waals surface area contributed by atoms with E-state index < -0.39 is 0 Å². The Balaban J connectivity index is 1.68. The highest BCUT2D eigenvalue weighted by atomic mass is 16.3. The number of nitrogens with zero attached hydrogens (tertiary/aromatic N) is 1. The van der Waals surface area contributed by atoms with Gasteiger partial charge in [-0.1, -0.05) is 18.2 Å². The van der Waals surface area contributed by atoms with Crippen molar-refractivity contribution in [2.45, 2.75) is 13.0 Å². The molecule has 5 heteroatoms. The molecule has 1 aliphatic rings. The second-order valence-electron chi connectivity index (χ2n) is 5.84. The molecule has 1 aromatic heterocycles. The molecule has 3 N–H and O–H groups in total. The SMILES string of the molecule is O=C(c1cc(O)cc(O)c1)N1CCc2[nH]c3ccccc3c2C1. The molecule has 2 aromatic carbocycles. The Kier molecular flexibility index (Phi) is 3.01. The van der Waals surface area contributed by atoms with Gasteiger partial charge in [-0.25, -0.2) is 0 Å². The molecule has 0 saturated carbocycles. The number of hydrogen-bond acceptors (Lipinski definition) is 3. The van der Waals surface area contributed by atoms with Crippen LogP contribution in [0.5, 0.6) is 11.5 Å². The Bertz CT molecular complexity index is 894. The largest absolute Gasteiger partial charge is 0.508 e. The monoisotopic (exact) mass is 308 g/mol. The van der Waals surface area contributed by atoms with Crippen molar-refractivity contribution in [3.05, 3.63) is 59.3 Å². The Labute approximate surface area is 132 Å². The molecule has 0 aliphatic carbocycles. The van der Waals surface area contributed by atoms with E-state index in [-0.39, 0.29) is 17.4 Å². The van der Waals surface area contributed by atoms with Crippen LogP contribution in [0.25, 0.3) is 10.9 Å². The minimum absolute atomic E-state index is 0.113. The molecule has 2 heterocycles. The van der Waals surface area contributed by atoms with E-state index in [0.29, 0.717) is 18.7 Å². The number of fused-ring (bicyclic) bond motifs is 3. The van der Waals surface area contributed by atoms with Crippen molar-refractivity contribution in [2.75, 3.05) is 6.54 Å². The molecule has 0 unspecified atom stereocenters. The molecule has 116 valence electrons. The number of aromatic hydroxyl groups is 2. The lowest BCUT2D eigenvalue weighted by Crippen LogP contribution is -2.35. The van der Waals surface area contributed by atoms with Crippen molar-refractivity contribution >= 4 is 16.8 Å². The fourth-order valence-electron chi connectivity index (χ4n) is 3.24. The van der Waals surface area contributed by atoms with Crippen molar-refractivity contribution in [3.63, 3.8) is 0 Å². The second kappa shape index (κ2) is 5.05. The molecule has 3 aromatic rings. The molecule has 23 heavy (non-hydrogen) atoms. The number of H-pyrrole nitrogens is 1. The van der Waals surface area contributed by atoms with Gasteiger partial charge < -0.3 is 20.1 Å². The molecular formula is C18H16N2O3. The minimum atomic E-state index is -0.188. The lowest BCUT2D eigenvalue weighted by Gasteiger charge is -2.27. The van der Waals surface area contributed by atoms with Crippen LogP contribution in [0, 0.1) is 0 Å². The van der Waals surface area contributed by atoms with Gasteiger partial charge in [0.05, 0.1) is 0 Å². The van der Waals surface area contributed by atoms with Crippen LogP contribution in [0.15, 0.2) is 42.5 Å². The molecule has 0 radical (unpaired) electrons. The number of carbonyl (C=O) groups excluding carboxylic acids is 1. The van der Waals surface area contributed by atoms with Crippen molar-refractivity contribution in [1.82, 2.24) is 9.88 Å². The van der Waals surface area contributed by atoms with Gasteiger partial charge in [-0.05, 0) is 18.2 Å². The maximum absolute atomic E-state index is 12.7. The van der Waals surface area contributed by atoms with E-state index in [1.165, 1.54) is 23.9 Å². The maximum atomic E-state index is 12.7. The summed E-state index contributed by atoms with van der Waals surface area (Å²) in [4.78, 5) is 17.8. The van der Waals surface area contributed by atoms with Gasteiger partial charge >= 0.3 is 0 Å². The van der Waals surface area contributed by atoms with Gasteiger partial charge in [0, 0.05) is 53.3 Å². The molecule has 1 amide bonds. The molecule has 4 rings (SSSR count). The zero-order valence-electron chi connectivity index (χ0n) is 12.4. The second-order valence-corrected chi connectivity index (χ2v) is 5.84. The van der Waals surface area contributed by atoms with Crippen LogP contribution in [0.1, 0.15) is 21.6 Å². The lowest BCUT2D eigenvalue weighted by atomic mass is 10.0. The van der Waals surface area contributed by atoms with Gasteiger partial charge in [-0.15, -0.1) is 0 Å². The Morgan fingerprint density at radius 3 is 2.61 bits per heavy atom. The lowest BCUT2D eigenvalue weighted by molar-refractivity contribution is 0.0734. The van der Waals surface area contributed by atoms with Gasteiger partial charge in [0.25, 0.3) is 5.91 Å². The molecule has 0 atom stereocenters. The van der Waals surface area contributed by atoms with Crippen molar-refractivity contribution in [1.29, 1.82) is 0 Å². The van der Waals surface area contributed by atoms with Crippen LogP contribution in [-0.4, -0.2) is 32.5 Å². The van der Waals surface area contributed by atoms with E-state index in [1.807, 2.05) is 18.2 Å². The number of para-hydroxylation sites is 1. The molecule has 0 fully saturated rings. The summed E-state index contributed by atoms with van der Waals surface area (Å²) in [6.07, 6.45) is 0.764. The van der Waals surface area contributed by atoms with Gasteiger partial charge in [0.1, 0.15) is 11.5 Å². The van der Waals surface area contributed by atoms with Gasteiger partial charge in [-0.3, -0.25) is 4.79 Å². The van der Waals surface area contributed by atoms with Crippen molar-refractivity contribution < 1.29 is 15.0 Å². The first-order valence-electron chi connectivity index (χ1n) is 7.52. The summed E-state index contributed by atoms with van der Waals surface area (Å²) in [5, 5.41) is 20.3. The summed E-state index contributed by atoms with van der Waals surface area (Å²) in [6, 6.07) is 12.0. The van der Waals surface area contributed by atoms with E-state index in [2.05, 4.69) is 11.1 Å². The minimum Gasteiger partial charge on any atom is -0.508 e. The van der Waals surface area contributed by atoms with Gasteiger partial charge in [-0.2, -0.15) is 0 Å². The maximum Gasteiger partial charge on any atom is 0.254 e. The number of hydrogen-bond donors (Lipinski definition) is 3. The summed E-state index contributed by atoms with van der Waals surface area (Å²) < 4.78 is 0. The van der Waals surface area contributed by atoms with Crippen LogP contribution in [0.4, 0.5) is 0 Å². The van der Waals surface area contributed by atoms with E-state index >= 15 is 0 Å². The third-order valence-electron chi connectivity index (χ3n) is 4.32. The Morgan fingerprint density at radius 1 is 1.09 bits per heavy atom. The van der Waals surface area contributed by atoms with Gasteiger partial charge in [0.15, 0.2) is 0 Å². The Hall–Kier alpha value is -2.95. The zero-order chi connectivity index (χ0) is 16.0. The average Bonchev–Trinajstić information content (AvgIpc) is 2.91. The van der Waals surface area contributed by atoms with Crippen LogP contribution in [-0.2, 0) is 13.0 Å². The number of phenols is 2. The quantitative estimate of drug-likeness (QED) is 0.647. The van der Waals surface area contributed by atoms with E-state index in [0.717, 1.165) is 22.9 Å². The number of aromatic nitrogens is 1. The molecule has 0 bridgehead atoms. The highest BCUT2D eigenvalue weighted by Crippen LogP contribution is 2.29. The third-order valence-corrected chi connectivity index (χ3v) is 4.32. The predicted molar refractivity (Wildman–Crippen MR) is 86.5 cm³/mol. The van der Waals surface area contributed by atoms with Gasteiger partial charge in [0.2, 0.25) is 0 Å². The third kappa shape index (κ3) is 2.30. The number of aromatic amines is 1. The fourth-order valence-corrected chi connectivity index (χ4v) is 3.24. The zero-order valence-corrected chi connectivity index (χ0v) is 12.4. The molecular weight excluding hydrogens is 292 g/mol. The van der Waals surface area contributed by atoms with Crippen LogP contribution < -0.4 is 0 Å².